The van der Waals surface area contributed by atoms with Gasteiger partial charge in [0.2, 0.25) is 5.91 Å². The summed E-state index contributed by atoms with van der Waals surface area (Å²) in [7, 11) is 0. The number of aryl methyl sites for hydroxylation is 1. The zero-order valence-electron chi connectivity index (χ0n) is 11.4. The van der Waals surface area contributed by atoms with Gasteiger partial charge >= 0.3 is 5.97 Å². The van der Waals surface area contributed by atoms with Gasteiger partial charge in [0.15, 0.2) is 0 Å². The molecule has 0 aromatic heterocycles. The summed E-state index contributed by atoms with van der Waals surface area (Å²) in [5.41, 5.74) is 2.25. The van der Waals surface area contributed by atoms with Gasteiger partial charge in [-0.3, -0.25) is 4.79 Å². The Hall–Kier alpha value is -1.88. The van der Waals surface area contributed by atoms with Gasteiger partial charge in [0.05, 0.1) is 0 Å². The van der Waals surface area contributed by atoms with Gasteiger partial charge in [-0.05, 0) is 19.4 Å². The van der Waals surface area contributed by atoms with Crippen molar-refractivity contribution in [3.63, 3.8) is 0 Å². The number of carboxylic acid groups (broad SMARTS) is 1. The number of carboxylic acids is 1. The minimum absolute atomic E-state index is 0.0236. The van der Waals surface area contributed by atoms with E-state index >= 15 is 0 Å². The first-order chi connectivity index (χ1) is 8.90. The molecule has 0 saturated heterocycles. The third kappa shape index (κ3) is 5.09. The molecular formula is C14H20N2O3. The summed E-state index contributed by atoms with van der Waals surface area (Å²) < 4.78 is 0. The lowest BCUT2D eigenvalue weighted by molar-refractivity contribution is -0.141. The number of hydrogen-bond donors (Lipinski definition) is 3. The van der Waals surface area contributed by atoms with Crippen LogP contribution in [0, 0.1) is 6.92 Å². The van der Waals surface area contributed by atoms with Gasteiger partial charge in [-0.15, -0.1) is 0 Å². The molecule has 0 bridgehead atoms. The molecule has 0 fully saturated rings. The Morgan fingerprint density at radius 1 is 1.37 bits per heavy atom. The van der Waals surface area contributed by atoms with E-state index in [9.17, 15) is 9.59 Å². The summed E-state index contributed by atoms with van der Waals surface area (Å²) in [5, 5.41) is 14.5. The molecular weight excluding hydrogens is 244 g/mol. The van der Waals surface area contributed by atoms with Crippen LogP contribution in [0.4, 0.5) is 0 Å². The molecule has 1 rings (SSSR count). The van der Waals surface area contributed by atoms with Crippen molar-refractivity contribution in [2.45, 2.75) is 32.9 Å². The lowest BCUT2D eigenvalue weighted by atomic mass is 10.1. The first-order valence-electron chi connectivity index (χ1n) is 6.20. The van der Waals surface area contributed by atoms with Crippen LogP contribution in [0.5, 0.6) is 0 Å². The summed E-state index contributed by atoms with van der Waals surface area (Å²) in [6, 6.07) is 7.11. The highest BCUT2D eigenvalue weighted by molar-refractivity contribution is 5.82. The van der Waals surface area contributed by atoms with Crippen molar-refractivity contribution in [2.24, 2.45) is 0 Å². The highest BCUT2D eigenvalue weighted by Gasteiger charge is 2.19. The maximum atomic E-state index is 11.0. The molecule has 1 aromatic rings. The predicted molar refractivity (Wildman–Crippen MR) is 72.8 cm³/mol. The van der Waals surface area contributed by atoms with Gasteiger partial charge in [0.1, 0.15) is 6.04 Å². The van der Waals surface area contributed by atoms with Crippen molar-refractivity contribution in [3.05, 3.63) is 35.4 Å². The third-order valence-corrected chi connectivity index (χ3v) is 2.85. The fraction of sp³-hybridized carbons (Fsp3) is 0.429. The lowest BCUT2D eigenvalue weighted by Crippen LogP contribution is -2.46. The molecule has 5 heteroatoms. The molecule has 0 aliphatic heterocycles. The number of carbonyl (C=O) groups excluding carboxylic acids is 1. The molecule has 0 radical (unpaired) electrons. The summed E-state index contributed by atoms with van der Waals surface area (Å²) in [6.07, 6.45) is 0. The van der Waals surface area contributed by atoms with Gasteiger partial charge in [-0.1, -0.05) is 29.8 Å². The summed E-state index contributed by atoms with van der Waals surface area (Å²) >= 11 is 0. The molecule has 0 aliphatic rings. The topological polar surface area (TPSA) is 78.4 Å². The van der Waals surface area contributed by atoms with Crippen molar-refractivity contribution in [1.82, 2.24) is 10.6 Å². The molecule has 1 aromatic carbocycles. The Bertz CT molecular complexity index is 460. The molecule has 1 amide bonds. The Labute approximate surface area is 113 Å². The first-order valence-corrected chi connectivity index (χ1v) is 6.20. The minimum Gasteiger partial charge on any atom is -0.480 e. The summed E-state index contributed by atoms with van der Waals surface area (Å²) in [4.78, 5) is 21.9. The number of aliphatic carboxylic acids is 1. The van der Waals surface area contributed by atoms with Crippen LogP contribution in [0.3, 0.4) is 0 Å². The molecule has 3 N–H and O–H groups in total. The quantitative estimate of drug-likeness (QED) is 0.722. The Kier molecular flexibility index (Phi) is 5.51. The second-order valence-corrected chi connectivity index (χ2v) is 4.64. The average Bonchev–Trinajstić information content (AvgIpc) is 2.33. The largest absolute Gasteiger partial charge is 0.480 e. The lowest BCUT2D eigenvalue weighted by Gasteiger charge is -2.19. The van der Waals surface area contributed by atoms with E-state index < -0.39 is 12.0 Å². The summed E-state index contributed by atoms with van der Waals surface area (Å²) in [6.45, 7) is 5.46. The molecule has 0 spiro atoms. The monoisotopic (exact) mass is 264 g/mol. The van der Waals surface area contributed by atoms with Gasteiger partial charge < -0.3 is 15.7 Å². The Balaban J connectivity index is 2.59. The zero-order valence-corrected chi connectivity index (χ0v) is 11.4. The van der Waals surface area contributed by atoms with Gasteiger partial charge in [-0.2, -0.15) is 0 Å². The van der Waals surface area contributed by atoms with Crippen LogP contribution in [0.1, 0.15) is 31.0 Å². The van der Waals surface area contributed by atoms with Crippen LogP contribution in [0.15, 0.2) is 24.3 Å². The first kappa shape index (κ1) is 15.2. The van der Waals surface area contributed by atoms with E-state index in [0.717, 1.165) is 11.1 Å². The maximum Gasteiger partial charge on any atom is 0.327 e. The van der Waals surface area contributed by atoms with E-state index in [0.29, 0.717) is 0 Å². The van der Waals surface area contributed by atoms with Crippen LogP contribution in [-0.4, -0.2) is 29.6 Å². The predicted octanol–water partition coefficient (Wildman–Crippen LogP) is 1.23. The van der Waals surface area contributed by atoms with Crippen LogP contribution in [-0.2, 0) is 9.59 Å². The highest BCUT2D eigenvalue weighted by Crippen LogP contribution is 2.13. The van der Waals surface area contributed by atoms with Crippen LogP contribution in [0.25, 0.3) is 0 Å². The van der Waals surface area contributed by atoms with Gasteiger partial charge in [0, 0.05) is 19.5 Å². The second kappa shape index (κ2) is 6.89. The third-order valence-electron chi connectivity index (χ3n) is 2.85. The normalized spacial score (nSPS) is 13.6. The molecule has 19 heavy (non-hydrogen) atoms. The molecule has 0 heterocycles. The number of benzene rings is 1. The van der Waals surface area contributed by atoms with E-state index in [-0.39, 0.29) is 18.5 Å². The number of carbonyl (C=O) groups is 2. The van der Waals surface area contributed by atoms with Gasteiger partial charge in [-0.25, -0.2) is 4.79 Å². The second-order valence-electron chi connectivity index (χ2n) is 4.64. The van der Waals surface area contributed by atoms with E-state index in [2.05, 4.69) is 10.6 Å². The molecule has 0 saturated carbocycles. The average molecular weight is 264 g/mol. The Morgan fingerprint density at radius 3 is 2.58 bits per heavy atom. The molecule has 2 atom stereocenters. The number of hydrogen-bond acceptors (Lipinski definition) is 3. The molecule has 1 unspecified atom stereocenters. The molecule has 104 valence electrons. The highest BCUT2D eigenvalue weighted by atomic mass is 16.4. The minimum atomic E-state index is -1.04. The number of rotatable bonds is 6. The number of amides is 1. The maximum absolute atomic E-state index is 11.0. The Morgan fingerprint density at radius 2 is 2.05 bits per heavy atom. The summed E-state index contributed by atoms with van der Waals surface area (Å²) in [5.74, 6) is -1.39. The fourth-order valence-electron chi connectivity index (χ4n) is 1.80. The van der Waals surface area contributed by atoms with Crippen LogP contribution < -0.4 is 10.6 Å². The van der Waals surface area contributed by atoms with E-state index in [1.807, 2.05) is 38.1 Å². The van der Waals surface area contributed by atoms with Gasteiger partial charge in [0.25, 0.3) is 0 Å². The standard InChI is InChI=1S/C14H20N2O3/c1-9-5-4-6-12(7-9)10(2)15-8-13(14(18)19)16-11(3)17/h4-7,10,13,15H,8H2,1-3H3,(H,16,17)(H,18,19)/t10-,13?/m0/s1. The van der Waals surface area contributed by atoms with E-state index in [4.69, 9.17) is 5.11 Å². The van der Waals surface area contributed by atoms with Crippen molar-refractivity contribution < 1.29 is 14.7 Å². The SMILES string of the molecule is CC(=O)NC(CN[C@@H](C)c1cccc(C)c1)C(=O)O. The van der Waals surface area contributed by atoms with Crippen LogP contribution >= 0.6 is 0 Å². The zero-order chi connectivity index (χ0) is 14.4. The number of nitrogens with one attached hydrogen (secondary N) is 2. The molecule has 5 nitrogen and oxygen atoms in total. The molecule has 0 aliphatic carbocycles. The van der Waals surface area contributed by atoms with Crippen molar-refractivity contribution in [3.8, 4) is 0 Å². The van der Waals surface area contributed by atoms with E-state index in [1.165, 1.54) is 6.92 Å². The van der Waals surface area contributed by atoms with Crippen molar-refractivity contribution in [2.75, 3.05) is 6.54 Å². The van der Waals surface area contributed by atoms with Crippen molar-refractivity contribution >= 4 is 11.9 Å². The smallest absolute Gasteiger partial charge is 0.327 e. The van der Waals surface area contributed by atoms with Crippen molar-refractivity contribution in [1.29, 1.82) is 0 Å². The fourth-order valence-corrected chi connectivity index (χ4v) is 1.80. The van der Waals surface area contributed by atoms with E-state index in [1.54, 1.807) is 0 Å². The van der Waals surface area contributed by atoms with Crippen LogP contribution in [0.2, 0.25) is 0 Å².